The van der Waals surface area contributed by atoms with Crippen LogP contribution >= 0.6 is 0 Å². The van der Waals surface area contributed by atoms with Gasteiger partial charge in [0, 0.05) is 0 Å². The third kappa shape index (κ3) is 2.88. The zero-order valence-electron chi connectivity index (χ0n) is 10.9. The van der Waals surface area contributed by atoms with Crippen LogP contribution in [0, 0.1) is 5.92 Å². The first-order valence-electron chi connectivity index (χ1n) is 6.84. The molecule has 1 unspecified atom stereocenters. The van der Waals surface area contributed by atoms with Crippen molar-refractivity contribution >= 4 is 11.6 Å². The summed E-state index contributed by atoms with van der Waals surface area (Å²) in [6, 6.07) is 8.67. The van der Waals surface area contributed by atoms with Gasteiger partial charge >= 0.3 is 0 Å². The molecule has 1 aromatic rings. The minimum absolute atomic E-state index is 0.737. The molecule has 0 saturated heterocycles. The summed E-state index contributed by atoms with van der Waals surface area (Å²) in [7, 11) is 0. The summed E-state index contributed by atoms with van der Waals surface area (Å²) in [6.07, 6.45) is 12.2. The van der Waals surface area contributed by atoms with E-state index in [1.807, 2.05) is 0 Å². The summed E-state index contributed by atoms with van der Waals surface area (Å²) in [5, 5.41) is 0. The van der Waals surface area contributed by atoms with Gasteiger partial charge in [-0.2, -0.15) is 0 Å². The molecular weight excluding hydrogens is 204 g/mol. The van der Waals surface area contributed by atoms with Gasteiger partial charge in [-0.15, -0.1) is 0 Å². The lowest BCUT2D eigenvalue weighted by molar-refractivity contribution is 0.541. The molecule has 2 rings (SSSR count). The molecule has 0 saturated carbocycles. The van der Waals surface area contributed by atoms with E-state index in [9.17, 15) is 0 Å². The molecular formula is C17H22. The highest BCUT2D eigenvalue weighted by atomic mass is 14.2. The summed E-state index contributed by atoms with van der Waals surface area (Å²) in [5.41, 5.74) is 4.19. The predicted molar refractivity (Wildman–Crippen MR) is 76.8 cm³/mol. The highest BCUT2D eigenvalue weighted by Crippen LogP contribution is 2.31. The molecule has 0 aliphatic heterocycles. The number of fused-ring (bicyclic) bond motifs is 1. The molecule has 0 heteroatoms. The van der Waals surface area contributed by atoms with Crippen LogP contribution in [-0.2, 0) is 0 Å². The smallest absolute Gasteiger partial charge is 0.0115 e. The topological polar surface area (TPSA) is 0 Å². The van der Waals surface area contributed by atoms with Crippen molar-refractivity contribution in [2.45, 2.75) is 39.5 Å². The van der Waals surface area contributed by atoms with Crippen LogP contribution in [0.1, 0.15) is 50.7 Å². The van der Waals surface area contributed by atoms with E-state index in [0.29, 0.717) is 0 Å². The zero-order valence-corrected chi connectivity index (χ0v) is 10.9. The number of hydrogen-bond donors (Lipinski definition) is 0. The van der Waals surface area contributed by atoms with E-state index in [-0.39, 0.29) is 0 Å². The Morgan fingerprint density at radius 2 is 1.94 bits per heavy atom. The summed E-state index contributed by atoms with van der Waals surface area (Å²) >= 11 is 0. The largest absolute Gasteiger partial charge is 0.0735 e. The maximum absolute atomic E-state index is 2.47. The molecule has 0 fully saturated rings. The molecule has 90 valence electrons. The molecule has 0 N–H and O–H groups in total. The normalized spacial score (nSPS) is 17.4. The fourth-order valence-corrected chi connectivity index (χ4v) is 2.45. The Hall–Kier alpha value is -1.30. The molecule has 1 aliphatic carbocycles. The molecule has 1 atom stereocenters. The second kappa shape index (κ2) is 5.86. The Labute approximate surface area is 105 Å². The van der Waals surface area contributed by atoms with Gasteiger partial charge in [-0.3, -0.25) is 0 Å². The maximum Gasteiger partial charge on any atom is -0.0115 e. The third-order valence-corrected chi connectivity index (χ3v) is 3.58. The van der Waals surface area contributed by atoms with Crippen LogP contribution in [0.15, 0.2) is 36.4 Å². The van der Waals surface area contributed by atoms with Gasteiger partial charge in [0.2, 0.25) is 0 Å². The number of unbranched alkanes of at least 4 members (excludes halogenated alkanes) is 1. The second-order valence-corrected chi connectivity index (χ2v) is 4.85. The van der Waals surface area contributed by atoms with Crippen LogP contribution in [0.5, 0.6) is 0 Å². The van der Waals surface area contributed by atoms with Crippen molar-refractivity contribution in [3.63, 3.8) is 0 Å². The molecule has 0 radical (unpaired) electrons. The molecule has 17 heavy (non-hydrogen) atoms. The maximum atomic E-state index is 2.47. The minimum atomic E-state index is 0.737. The van der Waals surface area contributed by atoms with E-state index >= 15 is 0 Å². The highest BCUT2D eigenvalue weighted by Gasteiger charge is 2.11. The summed E-state index contributed by atoms with van der Waals surface area (Å²) in [5.74, 6) is 0.737. The molecule has 1 aromatic carbocycles. The highest BCUT2D eigenvalue weighted by molar-refractivity contribution is 5.89. The first-order valence-corrected chi connectivity index (χ1v) is 6.84. The fraction of sp³-hybridized carbons (Fsp3) is 0.412. The van der Waals surface area contributed by atoms with Crippen LogP contribution in [0.4, 0.5) is 0 Å². The molecule has 1 aliphatic rings. The molecule has 0 aromatic heterocycles. The Balaban J connectivity index is 2.15. The Bertz CT molecular complexity index is 423. The van der Waals surface area contributed by atoms with Crippen LogP contribution < -0.4 is 0 Å². The van der Waals surface area contributed by atoms with Gasteiger partial charge in [-0.05, 0) is 35.5 Å². The first kappa shape index (κ1) is 12.2. The van der Waals surface area contributed by atoms with Crippen LogP contribution in [0.2, 0.25) is 0 Å². The van der Waals surface area contributed by atoms with Crippen molar-refractivity contribution in [2.24, 2.45) is 5.92 Å². The third-order valence-electron chi connectivity index (χ3n) is 3.58. The quantitative estimate of drug-likeness (QED) is 0.638. The summed E-state index contributed by atoms with van der Waals surface area (Å²) in [4.78, 5) is 0. The van der Waals surface area contributed by atoms with Crippen LogP contribution in [0.3, 0.4) is 0 Å². The van der Waals surface area contributed by atoms with Crippen LogP contribution in [-0.4, -0.2) is 0 Å². The lowest BCUT2D eigenvalue weighted by atomic mass is 9.94. The van der Waals surface area contributed by atoms with E-state index in [1.54, 1.807) is 0 Å². The van der Waals surface area contributed by atoms with E-state index in [4.69, 9.17) is 0 Å². The lowest BCUT2D eigenvalue weighted by Crippen LogP contribution is -1.95. The summed E-state index contributed by atoms with van der Waals surface area (Å²) < 4.78 is 0. The summed E-state index contributed by atoms with van der Waals surface area (Å²) in [6.45, 7) is 4.56. The van der Waals surface area contributed by atoms with Crippen molar-refractivity contribution in [3.05, 3.63) is 47.5 Å². The van der Waals surface area contributed by atoms with Crippen molar-refractivity contribution in [1.29, 1.82) is 0 Å². The van der Waals surface area contributed by atoms with E-state index in [2.05, 4.69) is 56.3 Å². The number of hydrogen-bond acceptors (Lipinski definition) is 0. The van der Waals surface area contributed by atoms with Crippen molar-refractivity contribution in [2.75, 3.05) is 0 Å². The van der Waals surface area contributed by atoms with Gasteiger partial charge < -0.3 is 0 Å². The predicted octanol–water partition coefficient (Wildman–Crippen LogP) is 5.31. The van der Waals surface area contributed by atoms with Gasteiger partial charge in [0.25, 0.3) is 0 Å². The van der Waals surface area contributed by atoms with Crippen molar-refractivity contribution in [1.82, 2.24) is 0 Å². The van der Waals surface area contributed by atoms with Gasteiger partial charge in [0.1, 0.15) is 0 Å². The zero-order chi connectivity index (χ0) is 12.1. The first-order chi connectivity index (χ1) is 8.35. The standard InChI is InChI=1S/C17H22/c1-3-5-8-14(4-2)13-16-12-11-15-9-6-7-10-17(15)16/h6-7,9-14H,3-5,8H2,1-2H3. The SMILES string of the molecule is CCCCC(C=C1C=Cc2ccccc21)CC. The Morgan fingerprint density at radius 3 is 2.71 bits per heavy atom. The number of rotatable bonds is 5. The Kier molecular flexibility index (Phi) is 4.19. The molecule has 0 heterocycles. The van der Waals surface area contributed by atoms with Crippen LogP contribution in [0.25, 0.3) is 11.6 Å². The van der Waals surface area contributed by atoms with Gasteiger partial charge in [-0.1, -0.05) is 69.2 Å². The minimum Gasteiger partial charge on any atom is -0.0735 e. The van der Waals surface area contributed by atoms with E-state index in [0.717, 1.165) is 5.92 Å². The fourth-order valence-electron chi connectivity index (χ4n) is 2.45. The monoisotopic (exact) mass is 226 g/mol. The number of allylic oxidation sites excluding steroid dienone is 3. The lowest BCUT2D eigenvalue weighted by Gasteiger charge is -2.11. The van der Waals surface area contributed by atoms with Gasteiger partial charge in [0.05, 0.1) is 0 Å². The molecule has 0 amide bonds. The average molecular weight is 226 g/mol. The van der Waals surface area contributed by atoms with E-state index in [1.165, 1.54) is 42.4 Å². The van der Waals surface area contributed by atoms with Gasteiger partial charge in [-0.25, -0.2) is 0 Å². The molecule has 0 spiro atoms. The molecule has 0 nitrogen and oxygen atoms in total. The number of benzene rings is 1. The van der Waals surface area contributed by atoms with Gasteiger partial charge in [0.15, 0.2) is 0 Å². The average Bonchev–Trinajstić information content (AvgIpc) is 2.78. The van der Waals surface area contributed by atoms with Crippen molar-refractivity contribution in [3.8, 4) is 0 Å². The van der Waals surface area contributed by atoms with E-state index < -0.39 is 0 Å². The second-order valence-electron chi connectivity index (χ2n) is 4.85. The molecule has 0 bridgehead atoms. The Morgan fingerprint density at radius 1 is 1.12 bits per heavy atom. The van der Waals surface area contributed by atoms with Crippen molar-refractivity contribution < 1.29 is 0 Å².